The van der Waals surface area contributed by atoms with Crippen LogP contribution < -0.4 is 0 Å². The third-order valence-electron chi connectivity index (χ3n) is 2.95. The van der Waals surface area contributed by atoms with E-state index in [1.165, 1.54) is 6.07 Å². The zero-order valence-corrected chi connectivity index (χ0v) is 11.2. The molecule has 0 saturated heterocycles. The van der Waals surface area contributed by atoms with Crippen molar-refractivity contribution in [3.63, 3.8) is 0 Å². The number of aryl methyl sites for hydroxylation is 1. The van der Waals surface area contributed by atoms with Crippen molar-refractivity contribution < 1.29 is 10.3 Å². The first kappa shape index (κ1) is 13.4. The van der Waals surface area contributed by atoms with E-state index < -0.39 is 0 Å². The van der Waals surface area contributed by atoms with Gasteiger partial charge in [0.25, 0.3) is 0 Å². The van der Waals surface area contributed by atoms with Crippen molar-refractivity contribution in [2.24, 2.45) is 5.16 Å². The number of benzene rings is 2. The molecular formula is C15H14ClNO2. The summed E-state index contributed by atoms with van der Waals surface area (Å²) in [5, 5.41) is 23.0. The Labute approximate surface area is 116 Å². The maximum Gasteiger partial charge on any atom is 0.126 e. The lowest BCUT2D eigenvalue weighted by molar-refractivity contribution is 0.319. The smallest absolute Gasteiger partial charge is 0.126 e. The molecule has 98 valence electrons. The number of hydrogen-bond acceptors (Lipinski definition) is 3. The molecule has 2 aromatic rings. The highest BCUT2D eigenvalue weighted by molar-refractivity contribution is 6.31. The van der Waals surface area contributed by atoms with Crippen LogP contribution in [0.4, 0.5) is 0 Å². The maximum atomic E-state index is 10.00. The number of aromatic hydroxyl groups is 1. The van der Waals surface area contributed by atoms with Gasteiger partial charge in [0.1, 0.15) is 11.5 Å². The molecule has 0 aromatic heterocycles. The number of phenolic OH excluding ortho intramolecular Hbond substituents is 1. The summed E-state index contributed by atoms with van der Waals surface area (Å²) in [6.45, 7) is 1.97. The van der Waals surface area contributed by atoms with E-state index in [1.807, 2.05) is 37.3 Å². The minimum Gasteiger partial charge on any atom is -0.507 e. The van der Waals surface area contributed by atoms with E-state index in [0.717, 1.165) is 17.5 Å². The van der Waals surface area contributed by atoms with Crippen molar-refractivity contribution in [2.45, 2.75) is 13.3 Å². The minimum absolute atomic E-state index is 0.00106. The van der Waals surface area contributed by atoms with Crippen molar-refractivity contribution in [1.82, 2.24) is 0 Å². The van der Waals surface area contributed by atoms with Crippen LogP contribution in [0.15, 0.2) is 47.6 Å². The number of hydrogen-bond donors (Lipinski definition) is 2. The number of nitrogens with zero attached hydrogens (tertiary/aromatic N) is 1. The number of oxime groups is 1. The second-order valence-electron chi connectivity index (χ2n) is 4.13. The Morgan fingerprint density at radius 2 is 1.89 bits per heavy atom. The zero-order chi connectivity index (χ0) is 13.8. The van der Waals surface area contributed by atoms with Crippen LogP contribution in [-0.4, -0.2) is 16.0 Å². The monoisotopic (exact) mass is 275 g/mol. The summed E-state index contributed by atoms with van der Waals surface area (Å²) >= 11 is 6.03. The Kier molecular flexibility index (Phi) is 4.07. The lowest BCUT2D eigenvalue weighted by atomic mass is 9.98. The Hall–Kier alpha value is -2.00. The number of rotatable bonds is 3. The Morgan fingerprint density at radius 3 is 2.47 bits per heavy atom. The van der Waals surface area contributed by atoms with Gasteiger partial charge in [0, 0.05) is 16.1 Å². The van der Waals surface area contributed by atoms with Crippen LogP contribution in [0.1, 0.15) is 23.6 Å². The molecule has 0 radical (unpaired) electrons. The first-order valence-electron chi connectivity index (χ1n) is 5.96. The summed E-state index contributed by atoms with van der Waals surface area (Å²) < 4.78 is 0. The Bertz CT molecular complexity index is 609. The highest BCUT2D eigenvalue weighted by atomic mass is 35.5. The zero-order valence-electron chi connectivity index (χ0n) is 10.5. The van der Waals surface area contributed by atoms with Gasteiger partial charge in [0.2, 0.25) is 0 Å². The van der Waals surface area contributed by atoms with Gasteiger partial charge in [-0.2, -0.15) is 0 Å². The average Bonchev–Trinajstić information content (AvgIpc) is 2.43. The van der Waals surface area contributed by atoms with E-state index in [4.69, 9.17) is 11.6 Å². The molecule has 0 unspecified atom stereocenters. The van der Waals surface area contributed by atoms with E-state index in [9.17, 15) is 10.3 Å². The summed E-state index contributed by atoms with van der Waals surface area (Å²) in [7, 11) is 0. The topological polar surface area (TPSA) is 52.8 Å². The van der Waals surface area contributed by atoms with Gasteiger partial charge >= 0.3 is 0 Å². The van der Waals surface area contributed by atoms with Gasteiger partial charge in [-0.25, -0.2) is 0 Å². The summed E-state index contributed by atoms with van der Waals surface area (Å²) in [6, 6.07) is 12.4. The molecular weight excluding hydrogens is 262 g/mol. The highest BCUT2D eigenvalue weighted by Crippen LogP contribution is 2.28. The molecule has 0 atom stereocenters. The summed E-state index contributed by atoms with van der Waals surface area (Å²) in [5.74, 6) is -0.00106. The molecule has 3 nitrogen and oxygen atoms in total. The van der Waals surface area contributed by atoms with Gasteiger partial charge in [0.15, 0.2) is 0 Å². The normalized spacial score (nSPS) is 11.6. The van der Waals surface area contributed by atoms with E-state index in [2.05, 4.69) is 5.16 Å². The molecule has 2 N–H and O–H groups in total. The van der Waals surface area contributed by atoms with Crippen LogP contribution >= 0.6 is 11.6 Å². The minimum atomic E-state index is -0.00106. The molecule has 2 rings (SSSR count). The van der Waals surface area contributed by atoms with Crippen molar-refractivity contribution in [3.05, 3.63) is 64.2 Å². The summed E-state index contributed by atoms with van der Waals surface area (Å²) in [5.41, 5.74) is 2.41. The first-order valence-corrected chi connectivity index (χ1v) is 6.34. The van der Waals surface area contributed by atoms with Gasteiger partial charge in [-0.15, -0.1) is 0 Å². The molecule has 0 bridgehead atoms. The van der Waals surface area contributed by atoms with E-state index in [-0.39, 0.29) is 5.75 Å². The molecule has 0 heterocycles. The van der Waals surface area contributed by atoms with Crippen LogP contribution in [0.3, 0.4) is 0 Å². The molecule has 0 aliphatic rings. The fourth-order valence-electron chi connectivity index (χ4n) is 1.93. The molecule has 0 aliphatic carbocycles. The molecule has 0 saturated carbocycles. The SMILES string of the molecule is CCc1cc(C(=NO)c2ccccc2)c(O)cc1Cl. The average molecular weight is 276 g/mol. The largest absolute Gasteiger partial charge is 0.507 e. The van der Waals surface area contributed by atoms with Gasteiger partial charge in [-0.1, -0.05) is 54.0 Å². The van der Waals surface area contributed by atoms with E-state index in [1.54, 1.807) is 6.07 Å². The van der Waals surface area contributed by atoms with Crippen molar-refractivity contribution >= 4 is 17.3 Å². The summed E-state index contributed by atoms with van der Waals surface area (Å²) in [4.78, 5) is 0. The lowest BCUT2D eigenvalue weighted by Crippen LogP contribution is -2.04. The van der Waals surface area contributed by atoms with Crippen LogP contribution in [-0.2, 0) is 6.42 Å². The molecule has 4 heteroatoms. The lowest BCUT2D eigenvalue weighted by Gasteiger charge is -2.10. The summed E-state index contributed by atoms with van der Waals surface area (Å²) in [6.07, 6.45) is 0.736. The van der Waals surface area contributed by atoms with Gasteiger partial charge in [-0.3, -0.25) is 0 Å². The van der Waals surface area contributed by atoms with Gasteiger partial charge in [0.05, 0.1) is 0 Å². The second kappa shape index (κ2) is 5.76. The van der Waals surface area contributed by atoms with Crippen LogP contribution in [0.25, 0.3) is 0 Å². The third-order valence-corrected chi connectivity index (χ3v) is 3.30. The first-order chi connectivity index (χ1) is 9.17. The van der Waals surface area contributed by atoms with Crippen LogP contribution in [0, 0.1) is 0 Å². The fourth-order valence-corrected chi connectivity index (χ4v) is 2.22. The Balaban J connectivity index is 2.57. The Morgan fingerprint density at radius 1 is 1.21 bits per heavy atom. The van der Waals surface area contributed by atoms with E-state index >= 15 is 0 Å². The van der Waals surface area contributed by atoms with Crippen molar-refractivity contribution in [2.75, 3.05) is 0 Å². The van der Waals surface area contributed by atoms with Gasteiger partial charge in [-0.05, 0) is 24.1 Å². The second-order valence-corrected chi connectivity index (χ2v) is 4.54. The van der Waals surface area contributed by atoms with Gasteiger partial charge < -0.3 is 10.3 Å². The molecule has 0 aliphatic heterocycles. The fraction of sp³-hybridized carbons (Fsp3) is 0.133. The predicted molar refractivity (Wildman–Crippen MR) is 76.4 cm³/mol. The van der Waals surface area contributed by atoms with Crippen molar-refractivity contribution in [3.8, 4) is 5.75 Å². The molecule has 0 amide bonds. The van der Waals surface area contributed by atoms with E-state index in [0.29, 0.717) is 16.3 Å². The highest BCUT2D eigenvalue weighted by Gasteiger charge is 2.14. The molecule has 0 fully saturated rings. The third kappa shape index (κ3) is 2.71. The number of phenols is 1. The van der Waals surface area contributed by atoms with Crippen LogP contribution in [0.5, 0.6) is 5.75 Å². The van der Waals surface area contributed by atoms with Crippen molar-refractivity contribution in [1.29, 1.82) is 0 Å². The molecule has 19 heavy (non-hydrogen) atoms. The predicted octanol–water partition coefficient (Wildman–Crippen LogP) is 3.83. The van der Waals surface area contributed by atoms with Crippen LogP contribution in [0.2, 0.25) is 5.02 Å². The maximum absolute atomic E-state index is 10.00. The number of halogens is 1. The standard InChI is InChI=1S/C15H14ClNO2/c1-2-10-8-12(14(18)9-13(10)16)15(17-19)11-6-4-3-5-7-11/h3-9,18-19H,2H2,1H3. The quantitative estimate of drug-likeness (QED) is 0.508. The molecule has 2 aromatic carbocycles. The molecule has 0 spiro atoms.